The van der Waals surface area contributed by atoms with Crippen LogP contribution in [0.1, 0.15) is 78.8 Å². The molecule has 2 unspecified atom stereocenters. The molecule has 4 N–H and O–H groups in total. The van der Waals surface area contributed by atoms with Crippen LogP contribution in [0.2, 0.25) is 0 Å². The van der Waals surface area contributed by atoms with E-state index >= 15 is 0 Å². The Hall–Kier alpha value is -2.23. The van der Waals surface area contributed by atoms with Crippen LogP contribution >= 0.6 is 11.8 Å². The quantitative estimate of drug-likeness (QED) is 0.152. The summed E-state index contributed by atoms with van der Waals surface area (Å²) in [6, 6.07) is 0.641. The maximum absolute atomic E-state index is 8.14. The van der Waals surface area contributed by atoms with Gasteiger partial charge in [-0.3, -0.25) is 20.3 Å². The van der Waals surface area contributed by atoms with Gasteiger partial charge in [0.2, 0.25) is 0 Å². The lowest BCUT2D eigenvalue weighted by Gasteiger charge is -2.32. The Bertz CT molecular complexity index is 970. The molecule has 1 aromatic heterocycles. The Kier molecular flexibility index (Phi) is 10.7. The van der Waals surface area contributed by atoms with Crippen molar-refractivity contribution < 1.29 is 0 Å². The van der Waals surface area contributed by atoms with E-state index in [9.17, 15) is 0 Å². The number of aromatic nitrogens is 2. The summed E-state index contributed by atoms with van der Waals surface area (Å²) in [5.41, 5.74) is 10.7. The van der Waals surface area contributed by atoms with Crippen molar-refractivity contribution >= 4 is 28.5 Å². The summed E-state index contributed by atoms with van der Waals surface area (Å²) in [6.45, 7) is 10.4. The van der Waals surface area contributed by atoms with Gasteiger partial charge in [-0.15, -0.1) is 0 Å². The SMILES string of the molecule is CCC(=N)/C(C)=C/C(NNC1=NC(/C(C)=C/N=C(CC)n2cnc(CC)c2)CCS1)NC1CCC1. The highest BCUT2D eigenvalue weighted by atomic mass is 32.2. The predicted octanol–water partition coefficient (Wildman–Crippen LogP) is 4.81. The Morgan fingerprint density at radius 1 is 1.26 bits per heavy atom. The minimum atomic E-state index is -0.0487. The third-order valence-electron chi connectivity index (χ3n) is 6.56. The smallest absolute Gasteiger partial charge is 0.171 e. The zero-order chi connectivity index (χ0) is 25.2. The number of hydrazine groups is 1. The minimum absolute atomic E-state index is 0.0487. The van der Waals surface area contributed by atoms with Gasteiger partial charge in [-0.25, -0.2) is 15.4 Å². The average molecular weight is 499 g/mol. The maximum atomic E-state index is 8.14. The fraction of sp³-hybridized carbons (Fsp3) is 0.615. The first kappa shape index (κ1) is 27.4. The molecular weight excluding hydrogens is 456 g/mol. The summed E-state index contributed by atoms with van der Waals surface area (Å²) in [5.74, 6) is 1.99. The second kappa shape index (κ2) is 13.8. The zero-order valence-corrected chi connectivity index (χ0v) is 22.7. The molecule has 0 saturated heterocycles. The van der Waals surface area contributed by atoms with Gasteiger partial charge in [0.25, 0.3) is 0 Å². The Labute approximate surface area is 214 Å². The molecule has 9 heteroatoms. The first-order valence-corrected chi connectivity index (χ1v) is 13.9. The molecule has 1 saturated carbocycles. The highest BCUT2D eigenvalue weighted by Crippen LogP contribution is 2.22. The summed E-state index contributed by atoms with van der Waals surface area (Å²) in [6.07, 6.45) is 15.1. The summed E-state index contributed by atoms with van der Waals surface area (Å²) in [4.78, 5) is 14.1. The van der Waals surface area contributed by atoms with Gasteiger partial charge in [-0.2, -0.15) is 0 Å². The monoisotopic (exact) mass is 498 g/mol. The molecule has 1 aromatic rings. The molecule has 2 heterocycles. The Morgan fingerprint density at radius 3 is 2.69 bits per heavy atom. The van der Waals surface area contributed by atoms with Crippen LogP contribution in [0.5, 0.6) is 0 Å². The van der Waals surface area contributed by atoms with E-state index in [4.69, 9.17) is 15.4 Å². The summed E-state index contributed by atoms with van der Waals surface area (Å²) in [7, 11) is 0. The lowest BCUT2D eigenvalue weighted by molar-refractivity contribution is 0.298. The van der Waals surface area contributed by atoms with Gasteiger partial charge in [0.15, 0.2) is 5.17 Å². The summed E-state index contributed by atoms with van der Waals surface area (Å²) in [5, 5.41) is 12.7. The van der Waals surface area contributed by atoms with Crippen LogP contribution in [0.3, 0.4) is 0 Å². The van der Waals surface area contributed by atoms with Crippen molar-refractivity contribution in [3.63, 3.8) is 0 Å². The molecule has 0 spiro atoms. The maximum Gasteiger partial charge on any atom is 0.171 e. The second-order valence-corrected chi connectivity index (χ2v) is 10.3. The number of thioether (sulfide) groups is 1. The Balaban J connectivity index is 1.65. The highest BCUT2D eigenvalue weighted by Gasteiger charge is 2.22. The molecule has 0 amide bonds. The minimum Gasteiger partial charge on any atom is -0.305 e. The van der Waals surface area contributed by atoms with Gasteiger partial charge >= 0.3 is 0 Å². The number of aryl methyl sites for hydroxylation is 1. The first-order chi connectivity index (χ1) is 16.9. The third-order valence-corrected chi connectivity index (χ3v) is 7.48. The molecular formula is C26H42N8S. The normalized spacial score (nSPS) is 20.9. The lowest BCUT2D eigenvalue weighted by Crippen LogP contribution is -2.54. The van der Waals surface area contributed by atoms with E-state index in [1.807, 2.05) is 30.9 Å². The molecule has 2 aliphatic rings. The molecule has 8 nitrogen and oxygen atoms in total. The number of hydrogen-bond acceptors (Lipinski definition) is 8. The van der Waals surface area contributed by atoms with Crippen molar-refractivity contribution in [3.8, 4) is 0 Å². The predicted molar refractivity (Wildman–Crippen MR) is 149 cm³/mol. The number of rotatable bonds is 11. The number of imidazole rings is 1. The third kappa shape index (κ3) is 8.15. The molecule has 1 aliphatic carbocycles. The fourth-order valence-electron chi connectivity index (χ4n) is 3.93. The molecule has 0 aromatic carbocycles. The second-order valence-electron chi connectivity index (χ2n) is 9.21. The van der Waals surface area contributed by atoms with Crippen molar-refractivity contribution in [2.24, 2.45) is 9.98 Å². The van der Waals surface area contributed by atoms with E-state index in [0.717, 1.165) is 59.3 Å². The topological polar surface area (TPSA) is 102 Å². The molecule has 1 aliphatic heterocycles. The van der Waals surface area contributed by atoms with Crippen LogP contribution in [-0.4, -0.2) is 50.3 Å². The van der Waals surface area contributed by atoms with Gasteiger partial charge in [-0.05, 0) is 63.2 Å². The number of nitrogens with zero attached hydrogens (tertiary/aromatic N) is 4. The molecule has 192 valence electrons. The van der Waals surface area contributed by atoms with E-state index in [1.54, 1.807) is 11.8 Å². The highest BCUT2D eigenvalue weighted by molar-refractivity contribution is 8.13. The van der Waals surface area contributed by atoms with E-state index in [1.165, 1.54) is 19.3 Å². The van der Waals surface area contributed by atoms with E-state index in [0.29, 0.717) is 11.8 Å². The molecule has 0 radical (unpaired) electrons. The van der Waals surface area contributed by atoms with Gasteiger partial charge in [0, 0.05) is 36.3 Å². The van der Waals surface area contributed by atoms with Crippen LogP contribution in [0.25, 0.3) is 0 Å². The average Bonchev–Trinajstić information content (AvgIpc) is 3.33. The van der Waals surface area contributed by atoms with Crippen LogP contribution in [-0.2, 0) is 6.42 Å². The molecule has 35 heavy (non-hydrogen) atoms. The van der Waals surface area contributed by atoms with Gasteiger partial charge in [0.05, 0.1) is 17.9 Å². The summed E-state index contributed by atoms with van der Waals surface area (Å²) >= 11 is 1.74. The largest absolute Gasteiger partial charge is 0.305 e. The number of aliphatic imine (C=N–C) groups is 2. The number of nitrogens with one attached hydrogen (secondary N) is 4. The van der Waals surface area contributed by atoms with E-state index in [2.05, 4.69) is 54.2 Å². The van der Waals surface area contributed by atoms with Crippen molar-refractivity contribution in [2.75, 3.05) is 5.75 Å². The fourth-order valence-corrected chi connectivity index (χ4v) is 4.80. The van der Waals surface area contributed by atoms with Gasteiger partial charge in [-0.1, -0.05) is 39.0 Å². The number of hydrogen-bond donors (Lipinski definition) is 4. The van der Waals surface area contributed by atoms with Crippen molar-refractivity contribution in [3.05, 3.63) is 41.6 Å². The van der Waals surface area contributed by atoms with Crippen molar-refractivity contribution in [1.82, 2.24) is 25.7 Å². The lowest BCUT2D eigenvalue weighted by atomic mass is 9.93. The van der Waals surface area contributed by atoms with E-state index < -0.39 is 0 Å². The summed E-state index contributed by atoms with van der Waals surface area (Å²) < 4.78 is 2.02. The molecule has 3 rings (SSSR count). The molecule has 2 atom stereocenters. The Morgan fingerprint density at radius 2 is 2.06 bits per heavy atom. The zero-order valence-electron chi connectivity index (χ0n) is 21.9. The van der Waals surface area contributed by atoms with Gasteiger partial charge in [0.1, 0.15) is 12.2 Å². The molecule has 0 bridgehead atoms. The number of allylic oxidation sites excluding steroid dienone is 1. The molecule has 1 fully saturated rings. The van der Waals surface area contributed by atoms with E-state index in [-0.39, 0.29) is 12.2 Å². The standard InChI is InChI=1S/C26H42N8S/c1-6-20-16-34(17-29-20)25(8-3)28-15-19(5)23-12-13-35-26(31-23)33-32-24(30-21-10-9-11-21)14-18(4)22(27)7-2/h14-17,21,23-24,27,30,32H,6-13H2,1-5H3,(H,31,33)/b18-14+,19-15+,27-22?,28-25?. The van der Waals surface area contributed by atoms with Crippen LogP contribution in [0.4, 0.5) is 0 Å². The van der Waals surface area contributed by atoms with Crippen LogP contribution in [0, 0.1) is 5.41 Å². The first-order valence-electron chi connectivity index (χ1n) is 12.9. The number of amidine groups is 1. The van der Waals surface area contributed by atoms with Crippen molar-refractivity contribution in [2.45, 2.75) is 97.8 Å². The van der Waals surface area contributed by atoms with Crippen molar-refractivity contribution in [1.29, 1.82) is 5.41 Å². The van der Waals surface area contributed by atoms with Crippen LogP contribution in [0.15, 0.2) is 45.9 Å². The van der Waals surface area contributed by atoms with Crippen LogP contribution < -0.4 is 16.2 Å². The van der Waals surface area contributed by atoms with Gasteiger partial charge < -0.3 is 5.41 Å².